The molecule has 184 valence electrons. The van der Waals surface area contributed by atoms with Crippen molar-refractivity contribution < 1.29 is 34.5 Å². The summed E-state index contributed by atoms with van der Waals surface area (Å²) in [6.07, 6.45) is -0.785. The van der Waals surface area contributed by atoms with Crippen LogP contribution in [0, 0.1) is 5.92 Å². The lowest BCUT2D eigenvalue weighted by Gasteiger charge is -2.27. The van der Waals surface area contributed by atoms with Gasteiger partial charge in [-0.05, 0) is 25.7 Å². The number of nitrogens with zero attached hydrogens (tertiary/aromatic N) is 1. The van der Waals surface area contributed by atoms with Crippen LogP contribution in [-0.2, 0) is 19.2 Å². The monoisotopic (exact) mass is 461 g/mol. The summed E-state index contributed by atoms with van der Waals surface area (Å²) in [6, 6.07) is -5.12. The van der Waals surface area contributed by atoms with Crippen molar-refractivity contribution in [1.29, 1.82) is 0 Å². The van der Waals surface area contributed by atoms with Crippen molar-refractivity contribution in [2.24, 2.45) is 28.1 Å². The number of nitrogens with one attached hydrogen (secondary N) is 3. The molecule has 0 aliphatic rings. The quantitative estimate of drug-likeness (QED) is 0.0686. The predicted octanol–water partition coefficient (Wildman–Crippen LogP) is -4.06. The second-order valence-electron chi connectivity index (χ2n) is 7.59. The number of amides is 3. The summed E-state index contributed by atoms with van der Waals surface area (Å²) in [4.78, 5) is 52.4. The van der Waals surface area contributed by atoms with Gasteiger partial charge in [-0.25, -0.2) is 4.79 Å². The van der Waals surface area contributed by atoms with Crippen LogP contribution in [0.1, 0.15) is 33.6 Å². The van der Waals surface area contributed by atoms with Gasteiger partial charge in [-0.3, -0.25) is 19.4 Å². The van der Waals surface area contributed by atoms with Gasteiger partial charge in [0, 0.05) is 6.54 Å². The molecule has 0 bridgehead atoms. The summed E-state index contributed by atoms with van der Waals surface area (Å²) in [7, 11) is 0. The van der Waals surface area contributed by atoms with E-state index in [1.54, 1.807) is 13.8 Å². The summed E-state index contributed by atoms with van der Waals surface area (Å²) in [5.74, 6) is -4.36. The average Bonchev–Trinajstić information content (AvgIpc) is 2.70. The van der Waals surface area contributed by atoms with Crippen LogP contribution in [0.15, 0.2) is 4.99 Å². The van der Waals surface area contributed by atoms with Crippen molar-refractivity contribution in [1.82, 2.24) is 16.0 Å². The highest BCUT2D eigenvalue weighted by molar-refractivity contribution is 5.94. The van der Waals surface area contributed by atoms with E-state index in [1.807, 2.05) is 0 Å². The molecule has 0 aromatic heterocycles. The van der Waals surface area contributed by atoms with Crippen molar-refractivity contribution in [3.63, 3.8) is 0 Å². The van der Waals surface area contributed by atoms with Crippen LogP contribution in [0.5, 0.6) is 0 Å². The SMILES string of the molecule is CC(C)C(NC(=O)C(CCCN=C(N)N)NC(=O)C(N)C(C)O)C(=O)NC(CO)C(=O)O. The van der Waals surface area contributed by atoms with Gasteiger partial charge in [0.25, 0.3) is 0 Å². The zero-order valence-corrected chi connectivity index (χ0v) is 18.4. The maximum atomic E-state index is 12.8. The third-order valence-electron chi connectivity index (χ3n) is 4.44. The van der Waals surface area contributed by atoms with Gasteiger partial charge in [-0.1, -0.05) is 13.8 Å². The van der Waals surface area contributed by atoms with Crippen LogP contribution in [-0.4, -0.2) is 88.4 Å². The Morgan fingerprint density at radius 3 is 1.94 bits per heavy atom. The lowest BCUT2D eigenvalue weighted by molar-refractivity contribution is -0.143. The summed E-state index contributed by atoms with van der Waals surface area (Å²) < 4.78 is 0. The third-order valence-corrected chi connectivity index (χ3v) is 4.44. The molecule has 3 amide bonds. The third kappa shape index (κ3) is 10.4. The van der Waals surface area contributed by atoms with Gasteiger partial charge in [0.1, 0.15) is 24.2 Å². The van der Waals surface area contributed by atoms with Crippen molar-refractivity contribution >= 4 is 29.7 Å². The van der Waals surface area contributed by atoms with Gasteiger partial charge in [0.05, 0.1) is 12.7 Å². The minimum atomic E-state index is -1.54. The fraction of sp³-hybridized carbons (Fsp3) is 0.722. The number of guanidine groups is 1. The number of nitrogens with two attached hydrogens (primary N) is 3. The number of aliphatic imine (C=N–C) groups is 1. The number of carboxylic acids is 1. The Kier molecular flexibility index (Phi) is 12.8. The Morgan fingerprint density at radius 1 is 0.938 bits per heavy atom. The maximum Gasteiger partial charge on any atom is 0.328 e. The molecule has 0 radical (unpaired) electrons. The van der Waals surface area contributed by atoms with E-state index in [2.05, 4.69) is 20.9 Å². The molecule has 0 saturated carbocycles. The van der Waals surface area contributed by atoms with Crippen LogP contribution in [0.2, 0.25) is 0 Å². The summed E-state index contributed by atoms with van der Waals surface area (Å²) in [5, 5.41) is 34.7. The van der Waals surface area contributed by atoms with E-state index >= 15 is 0 Å². The number of aliphatic hydroxyl groups is 2. The molecule has 0 spiro atoms. The molecule has 14 nitrogen and oxygen atoms in total. The molecule has 12 N–H and O–H groups in total. The molecule has 0 aliphatic heterocycles. The molecule has 0 aromatic rings. The molecule has 0 aliphatic carbocycles. The van der Waals surface area contributed by atoms with Crippen LogP contribution in [0.4, 0.5) is 0 Å². The summed E-state index contributed by atoms with van der Waals surface area (Å²) >= 11 is 0. The molecule has 0 rings (SSSR count). The van der Waals surface area contributed by atoms with E-state index in [1.165, 1.54) is 6.92 Å². The second-order valence-corrected chi connectivity index (χ2v) is 7.59. The van der Waals surface area contributed by atoms with Gasteiger partial charge in [-0.15, -0.1) is 0 Å². The highest BCUT2D eigenvalue weighted by Gasteiger charge is 2.32. The number of rotatable bonds is 14. The van der Waals surface area contributed by atoms with Crippen LogP contribution in [0.3, 0.4) is 0 Å². The van der Waals surface area contributed by atoms with E-state index in [0.29, 0.717) is 6.42 Å². The first-order valence-corrected chi connectivity index (χ1v) is 10.1. The lowest BCUT2D eigenvalue weighted by Crippen LogP contribution is -2.59. The van der Waals surface area contributed by atoms with Crippen molar-refractivity contribution in [3.05, 3.63) is 0 Å². The first kappa shape index (κ1) is 29.0. The number of hydrogen-bond donors (Lipinski definition) is 9. The van der Waals surface area contributed by atoms with E-state index in [4.69, 9.17) is 27.4 Å². The van der Waals surface area contributed by atoms with Gasteiger partial charge >= 0.3 is 5.97 Å². The smallest absolute Gasteiger partial charge is 0.328 e. The van der Waals surface area contributed by atoms with E-state index in [0.717, 1.165) is 0 Å². The topological polar surface area (TPSA) is 255 Å². The molecular weight excluding hydrogens is 426 g/mol. The predicted molar refractivity (Wildman–Crippen MR) is 115 cm³/mol. The molecule has 32 heavy (non-hydrogen) atoms. The molecule has 0 heterocycles. The Hall–Kier alpha value is -2.97. The fourth-order valence-electron chi connectivity index (χ4n) is 2.50. The Morgan fingerprint density at radius 2 is 1.50 bits per heavy atom. The number of aliphatic hydroxyl groups excluding tert-OH is 2. The van der Waals surface area contributed by atoms with E-state index in [9.17, 15) is 24.3 Å². The van der Waals surface area contributed by atoms with Gasteiger partial charge in [0.2, 0.25) is 17.7 Å². The van der Waals surface area contributed by atoms with Crippen molar-refractivity contribution in [2.75, 3.05) is 13.2 Å². The number of carbonyl (C=O) groups is 4. The highest BCUT2D eigenvalue weighted by Crippen LogP contribution is 2.06. The largest absolute Gasteiger partial charge is 0.480 e. The number of aliphatic carboxylic acids is 1. The molecule has 5 atom stereocenters. The molecule has 0 fully saturated rings. The lowest BCUT2D eigenvalue weighted by atomic mass is 10.0. The first-order chi connectivity index (χ1) is 14.8. The minimum absolute atomic E-state index is 0.0850. The summed E-state index contributed by atoms with van der Waals surface area (Å²) in [6.45, 7) is 3.90. The molecule has 5 unspecified atom stereocenters. The first-order valence-electron chi connectivity index (χ1n) is 10.1. The Bertz CT molecular complexity index is 681. The number of hydrogen-bond acceptors (Lipinski definition) is 8. The van der Waals surface area contributed by atoms with E-state index in [-0.39, 0.29) is 18.9 Å². The standard InChI is InChI=1S/C18H35N7O7/c1-8(2)13(16(30)24-11(7-26)17(31)32)25-14(28)10(5-4-6-22-18(20)21)23-15(29)12(19)9(3)27/h8-13,26-27H,4-7,19H2,1-3H3,(H,23,29)(H,24,30)(H,25,28)(H,31,32)(H4,20,21,22). The summed E-state index contributed by atoms with van der Waals surface area (Å²) in [5.41, 5.74) is 16.1. The zero-order valence-electron chi connectivity index (χ0n) is 18.4. The minimum Gasteiger partial charge on any atom is -0.480 e. The van der Waals surface area contributed by atoms with Crippen molar-refractivity contribution in [3.8, 4) is 0 Å². The molecule has 0 saturated heterocycles. The highest BCUT2D eigenvalue weighted by atomic mass is 16.4. The van der Waals surface area contributed by atoms with E-state index < -0.39 is 66.5 Å². The molecular formula is C18H35N7O7. The van der Waals surface area contributed by atoms with Crippen LogP contribution in [0.25, 0.3) is 0 Å². The maximum absolute atomic E-state index is 12.8. The molecule has 0 aromatic carbocycles. The number of carbonyl (C=O) groups excluding carboxylic acids is 3. The Labute approximate surface area is 186 Å². The van der Waals surface area contributed by atoms with Gasteiger partial charge < -0.3 is 48.5 Å². The Balaban J connectivity index is 5.44. The normalized spacial score (nSPS) is 15.6. The van der Waals surface area contributed by atoms with Gasteiger partial charge in [0.15, 0.2) is 5.96 Å². The zero-order chi connectivity index (χ0) is 25.0. The van der Waals surface area contributed by atoms with Crippen LogP contribution < -0.4 is 33.2 Å². The molecule has 14 heteroatoms. The number of carboxylic acid groups (broad SMARTS) is 1. The van der Waals surface area contributed by atoms with Crippen molar-refractivity contribution in [2.45, 2.75) is 63.9 Å². The average molecular weight is 462 g/mol. The van der Waals surface area contributed by atoms with Gasteiger partial charge in [-0.2, -0.15) is 0 Å². The second kappa shape index (κ2) is 14.2. The van der Waals surface area contributed by atoms with Crippen LogP contribution >= 0.6 is 0 Å². The fourth-order valence-corrected chi connectivity index (χ4v) is 2.50.